The minimum absolute atomic E-state index is 0.0285. The lowest BCUT2D eigenvalue weighted by Gasteiger charge is -2.24. The fraction of sp³-hybridized carbons (Fsp3) is 0.130. The minimum Gasteiger partial charge on any atom is -0.507 e. The number of ether oxygens (including phenoxy) is 1. The molecule has 8 heteroatoms. The first-order valence-corrected chi connectivity index (χ1v) is 10.4. The molecule has 0 saturated carbocycles. The Morgan fingerprint density at radius 2 is 1.94 bits per heavy atom. The highest BCUT2D eigenvalue weighted by Gasteiger charge is 2.47. The van der Waals surface area contributed by atoms with Gasteiger partial charge in [0.05, 0.1) is 12.2 Å². The van der Waals surface area contributed by atoms with Crippen LogP contribution in [0.1, 0.15) is 22.0 Å². The van der Waals surface area contributed by atoms with Crippen molar-refractivity contribution in [3.63, 3.8) is 0 Å². The lowest BCUT2D eigenvalue weighted by Crippen LogP contribution is -2.29. The average molecular weight is 439 g/mol. The number of ketones is 1. The highest BCUT2D eigenvalue weighted by atomic mass is 32.1. The highest BCUT2D eigenvalue weighted by Crippen LogP contribution is 2.44. The lowest BCUT2D eigenvalue weighted by molar-refractivity contribution is -0.132. The molecule has 1 N–H and O–H groups in total. The number of thiophene rings is 1. The number of anilines is 1. The number of hydrogen-bond acceptors (Lipinski definition) is 5. The Kier molecular flexibility index (Phi) is 4.59. The Morgan fingerprint density at radius 1 is 1.10 bits per heavy atom. The molecular formula is C23H15F2NO4S. The van der Waals surface area contributed by atoms with E-state index in [0.29, 0.717) is 29.2 Å². The summed E-state index contributed by atoms with van der Waals surface area (Å²) in [7, 11) is 0. The Labute approximate surface area is 179 Å². The number of amides is 1. The predicted octanol–water partition coefficient (Wildman–Crippen LogP) is 4.59. The number of nitrogens with zero attached hydrogens (tertiary/aromatic N) is 1. The van der Waals surface area contributed by atoms with E-state index in [1.165, 1.54) is 17.4 Å². The van der Waals surface area contributed by atoms with Crippen LogP contribution in [0.4, 0.5) is 14.5 Å². The Bertz CT molecular complexity index is 1250. The lowest BCUT2D eigenvalue weighted by atomic mass is 9.98. The zero-order valence-corrected chi connectivity index (χ0v) is 16.8. The molecule has 2 aliphatic rings. The number of hydrogen-bond donors (Lipinski definition) is 1. The first kappa shape index (κ1) is 19.4. The molecule has 1 aromatic heterocycles. The van der Waals surface area contributed by atoms with Gasteiger partial charge in [0, 0.05) is 28.6 Å². The van der Waals surface area contributed by atoms with Gasteiger partial charge in [-0.3, -0.25) is 14.5 Å². The zero-order valence-electron chi connectivity index (χ0n) is 16.0. The summed E-state index contributed by atoms with van der Waals surface area (Å²) in [4.78, 5) is 27.6. The molecule has 5 nitrogen and oxygen atoms in total. The number of aliphatic hydroxyl groups is 1. The summed E-state index contributed by atoms with van der Waals surface area (Å²) in [6, 6.07) is 10.6. The molecule has 2 aromatic carbocycles. The van der Waals surface area contributed by atoms with Crippen molar-refractivity contribution in [3.8, 4) is 5.75 Å². The topological polar surface area (TPSA) is 66.8 Å². The van der Waals surface area contributed by atoms with E-state index in [2.05, 4.69) is 0 Å². The largest absolute Gasteiger partial charge is 0.507 e. The fourth-order valence-electron chi connectivity index (χ4n) is 3.94. The molecule has 2 aliphatic heterocycles. The molecule has 31 heavy (non-hydrogen) atoms. The van der Waals surface area contributed by atoms with Crippen molar-refractivity contribution in [2.75, 3.05) is 11.5 Å². The van der Waals surface area contributed by atoms with E-state index in [1.54, 1.807) is 35.7 Å². The molecule has 3 aromatic rings. The third-order valence-corrected chi connectivity index (χ3v) is 6.33. The Hall–Kier alpha value is -3.52. The van der Waals surface area contributed by atoms with Crippen LogP contribution < -0.4 is 9.64 Å². The third-order valence-electron chi connectivity index (χ3n) is 5.40. The van der Waals surface area contributed by atoms with E-state index in [1.807, 2.05) is 0 Å². The summed E-state index contributed by atoms with van der Waals surface area (Å²) in [6.45, 7) is 0.537. The SMILES string of the molecule is O=C1C(=O)N(c2ccc(F)c(F)c2)C(c2cccs2)/C1=C(/O)c1ccc2c(c1)CCO2. The van der Waals surface area contributed by atoms with Crippen molar-refractivity contribution >= 4 is 34.5 Å². The van der Waals surface area contributed by atoms with E-state index < -0.39 is 29.4 Å². The van der Waals surface area contributed by atoms with Gasteiger partial charge < -0.3 is 9.84 Å². The second kappa shape index (κ2) is 7.31. The van der Waals surface area contributed by atoms with Gasteiger partial charge in [0.2, 0.25) is 0 Å². The van der Waals surface area contributed by atoms with Crippen LogP contribution in [0.3, 0.4) is 0 Å². The summed E-state index contributed by atoms with van der Waals surface area (Å²) in [5, 5.41) is 12.9. The van der Waals surface area contributed by atoms with Gasteiger partial charge in [-0.15, -0.1) is 11.3 Å². The van der Waals surface area contributed by atoms with Gasteiger partial charge in [0.1, 0.15) is 17.6 Å². The zero-order chi connectivity index (χ0) is 21.7. The standard InChI is InChI=1S/C23H15F2NO4S/c24-15-5-4-14(11-16(15)25)26-20(18-2-1-9-31-18)19(22(28)23(26)29)21(27)13-3-6-17-12(10-13)7-8-30-17/h1-6,9-11,20,27H,7-8H2/b21-19-. The van der Waals surface area contributed by atoms with Crippen LogP contribution in [0, 0.1) is 11.6 Å². The third kappa shape index (κ3) is 3.11. The van der Waals surface area contributed by atoms with Crippen molar-refractivity contribution in [1.82, 2.24) is 0 Å². The molecule has 1 atom stereocenters. The first-order valence-electron chi connectivity index (χ1n) is 9.51. The maximum absolute atomic E-state index is 13.9. The van der Waals surface area contributed by atoms with Crippen LogP contribution >= 0.6 is 11.3 Å². The maximum Gasteiger partial charge on any atom is 0.300 e. The van der Waals surface area contributed by atoms with E-state index in [0.717, 1.165) is 22.6 Å². The van der Waals surface area contributed by atoms with Crippen LogP contribution in [0.5, 0.6) is 5.75 Å². The van der Waals surface area contributed by atoms with Gasteiger partial charge in [0.25, 0.3) is 11.7 Å². The molecule has 1 amide bonds. The molecule has 0 bridgehead atoms. The van der Waals surface area contributed by atoms with Crippen LogP contribution in [0.2, 0.25) is 0 Å². The number of carbonyl (C=O) groups excluding carboxylic acids is 2. The Morgan fingerprint density at radius 3 is 2.68 bits per heavy atom. The van der Waals surface area contributed by atoms with Crippen molar-refractivity contribution in [3.05, 3.63) is 87.1 Å². The van der Waals surface area contributed by atoms with Crippen molar-refractivity contribution < 1.29 is 28.2 Å². The van der Waals surface area contributed by atoms with Crippen molar-refractivity contribution in [2.45, 2.75) is 12.5 Å². The average Bonchev–Trinajstić information content (AvgIpc) is 3.50. The van der Waals surface area contributed by atoms with Crippen LogP contribution in [0.15, 0.2) is 59.5 Å². The molecule has 0 spiro atoms. The number of halogens is 2. The Balaban J connectivity index is 1.69. The van der Waals surface area contributed by atoms with E-state index in [-0.39, 0.29) is 17.0 Å². The van der Waals surface area contributed by atoms with Crippen LogP contribution in [0.25, 0.3) is 5.76 Å². The van der Waals surface area contributed by atoms with Gasteiger partial charge in [-0.2, -0.15) is 0 Å². The van der Waals surface area contributed by atoms with Gasteiger partial charge in [-0.05, 0) is 47.3 Å². The molecule has 1 unspecified atom stereocenters. The quantitative estimate of drug-likeness (QED) is 0.368. The summed E-state index contributed by atoms with van der Waals surface area (Å²) < 4.78 is 32.8. The van der Waals surface area contributed by atoms with Gasteiger partial charge in [0.15, 0.2) is 11.6 Å². The van der Waals surface area contributed by atoms with E-state index in [9.17, 15) is 23.5 Å². The smallest absolute Gasteiger partial charge is 0.300 e. The molecule has 3 heterocycles. The van der Waals surface area contributed by atoms with Crippen molar-refractivity contribution in [2.24, 2.45) is 0 Å². The van der Waals surface area contributed by atoms with Crippen molar-refractivity contribution in [1.29, 1.82) is 0 Å². The molecule has 156 valence electrons. The molecule has 0 aliphatic carbocycles. The number of fused-ring (bicyclic) bond motifs is 1. The van der Waals surface area contributed by atoms with E-state index in [4.69, 9.17) is 4.74 Å². The number of benzene rings is 2. The molecular weight excluding hydrogens is 424 g/mol. The first-order chi connectivity index (χ1) is 15.0. The number of aliphatic hydroxyl groups excluding tert-OH is 1. The fourth-order valence-corrected chi connectivity index (χ4v) is 4.76. The molecule has 1 fully saturated rings. The second-order valence-electron chi connectivity index (χ2n) is 7.20. The van der Waals surface area contributed by atoms with Gasteiger partial charge in [-0.1, -0.05) is 6.07 Å². The summed E-state index contributed by atoms with van der Waals surface area (Å²) in [6.07, 6.45) is 0.675. The van der Waals surface area contributed by atoms with Crippen LogP contribution in [-0.4, -0.2) is 23.4 Å². The van der Waals surface area contributed by atoms with Crippen LogP contribution in [-0.2, 0) is 16.0 Å². The van der Waals surface area contributed by atoms with Gasteiger partial charge >= 0.3 is 0 Å². The maximum atomic E-state index is 13.9. The highest BCUT2D eigenvalue weighted by molar-refractivity contribution is 7.10. The van der Waals surface area contributed by atoms with E-state index >= 15 is 0 Å². The van der Waals surface area contributed by atoms with Gasteiger partial charge in [-0.25, -0.2) is 8.78 Å². The summed E-state index contributed by atoms with van der Waals surface area (Å²) in [5.41, 5.74) is 1.21. The molecule has 0 radical (unpaired) electrons. The number of carbonyl (C=O) groups is 2. The normalized spacial score (nSPS) is 19.5. The predicted molar refractivity (Wildman–Crippen MR) is 111 cm³/mol. The molecule has 5 rings (SSSR count). The number of rotatable bonds is 3. The minimum atomic E-state index is -1.14. The molecule has 1 saturated heterocycles. The number of Topliss-reactive ketones (excluding diaryl/α,β-unsaturated/α-hetero) is 1. The summed E-state index contributed by atoms with van der Waals surface area (Å²) in [5.74, 6) is -3.62. The summed E-state index contributed by atoms with van der Waals surface area (Å²) >= 11 is 1.29. The second-order valence-corrected chi connectivity index (χ2v) is 8.18. The monoisotopic (exact) mass is 439 g/mol.